The van der Waals surface area contributed by atoms with E-state index in [0.717, 1.165) is 4.47 Å². The van der Waals surface area contributed by atoms with Gasteiger partial charge >= 0.3 is 5.97 Å². The first-order chi connectivity index (χ1) is 10.0. The number of esters is 1. The van der Waals surface area contributed by atoms with Gasteiger partial charge in [0, 0.05) is 10.0 Å². The largest absolute Gasteiger partial charge is 0.488 e. The summed E-state index contributed by atoms with van der Waals surface area (Å²) in [4.78, 5) is 11.7. The number of hydrogen-bond acceptors (Lipinski definition) is 3. The number of carbonyl (C=O) groups is 1. The average Bonchev–Trinajstić information content (AvgIpc) is 2.46. The third-order valence-electron chi connectivity index (χ3n) is 2.75. The molecule has 0 N–H and O–H groups in total. The molecule has 2 aromatic rings. The summed E-state index contributed by atoms with van der Waals surface area (Å²) in [7, 11) is 1.30. The van der Waals surface area contributed by atoms with Crippen LogP contribution in [0.1, 0.15) is 15.9 Å². The van der Waals surface area contributed by atoms with E-state index in [1.807, 2.05) is 0 Å². The van der Waals surface area contributed by atoms with Crippen LogP contribution < -0.4 is 4.74 Å². The van der Waals surface area contributed by atoms with Crippen molar-refractivity contribution in [1.29, 1.82) is 0 Å². The third-order valence-corrected chi connectivity index (χ3v) is 3.59. The lowest BCUT2D eigenvalue weighted by atomic mass is 10.2. The highest BCUT2D eigenvalue weighted by Gasteiger charge is 2.14. The van der Waals surface area contributed by atoms with Gasteiger partial charge in [-0.05, 0) is 30.3 Å². The first kappa shape index (κ1) is 15.8. The van der Waals surface area contributed by atoms with Crippen molar-refractivity contribution >= 4 is 33.5 Å². The first-order valence-corrected chi connectivity index (χ1v) is 7.13. The molecule has 0 heterocycles. The van der Waals surface area contributed by atoms with Gasteiger partial charge in [-0.2, -0.15) is 0 Å². The van der Waals surface area contributed by atoms with Gasteiger partial charge in [0.15, 0.2) is 0 Å². The Labute approximate surface area is 134 Å². The molecule has 0 aliphatic heterocycles. The standard InChI is InChI=1S/C15H11BrClFO3/c1-20-15(19)12-6-10(16)3-5-14(12)21-8-9-2-4-11(18)7-13(9)17/h2-7H,8H2,1H3. The van der Waals surface area contributed by atoms with Crippen LogP contribution in [-0.2, 0) is 11.3 Å². The molecule has 2 rings (SSSR count). The number of ether oxygens (including phenoxy) is 2. The van der Waals surface area contributed by atoms with Crippen LogP contribution in [0.25, 0.3) is 0 Å². The molecule has 21 heavy (non-hydrogen) atoms. The van der Waals surface area contributed by atoms with Gasteiger partial charge < -0.3 is 9.47 Å². The predicted octanol–water partition coefficient (Wildman–Crippen LogP) is 4.61. The Hall–Kier alpha value is -1.59. The molecule has 0 saturated heterocycles. The fraction of sp³-hybridized carbons (Fsp3) is 0.133. The Morgan fingerprint density at radius 1 is 1.29 bits per heavy atom. The fourth-order valence-electron chi connectivity index (χ4n) is 1.69. The van der Waals surface area contributed by atoms with Crippen LogP contribution in [0.2, 0.25) is 5.02 Å². The maximum atomic E-state index is 13.0. The van der Waals surface area contributed by atoms with E-state index >= 15 is 0 Å². The van der Waals surface area contributed by atoms with Gasteiger partial charge in [-0.1, -0.05) is 33.6 Å². The van der Waals surface area contributed by atoms with Crippen molar-refractivity contribution in [3.63, 3.8) is 0 Å². The first-order valence-electron chi connectivity index (χ1n) is 5.96. The lowest BCUT2D eigenvalue weighted by molar-refractivity contribution is 0.0595. The Balaban J connectivity index is 2.21. The molecule has 3 nitrogen and oxygen atoms in total. The molecule has 0 saturated carbocycles. The quantitative estimate of drug-likeness (QED) is 0.734. The highest BCUT2D eigenvalue weighted by molar-refractivity contribution is 9.10. The molecule has 0 amide bonds. The van der Waals surface area contributed by atoms with E-state index in [2.05, 4.69) is 15.9 Å². The molecule has 110 valence electrons. The molecular weight excluding hydrogens is 363 g/mol. The summed E-state index contributed by atoms with van der Waals surface area (Å²) in [5, 5.41) is 0.270. The molecule has 0 aliphatic carbocycles. The highest BCUT2D eigenvalue weighted by Crippen LogP contribution is 2.26. The van der Waals surface area contributed by atoms with E-state index in [-0.39, 0.29) is 11.6 Å². The van der Waals surface area contributed by atoms with Crippen molar-refractivity contribution in [2.75, 3.05) is 7.11 Å². The van der Waals surface area contributed by atoms with Crippen LogP contribution >= 0.6 is 27.5 Å². The number of halogens is 3. The van der Waals surface area contributed by atoms with Gasteiger partial charge in [-0.15, -0.1) is 0 Å². The van der Waals surface area contributed by atoms with Crippen molar-refractivity contribution in [3.8, 4) is 5.75 Å². The molecule has 0 unspecified atom stereocenters. The number of benzene rings is 2. The summed E-state index contributed by atoms with van der Waals surface area (Å²) in [5.41, 5.74) is 0.918. The second kappa shape index (κ2) is 6.91. The summed E-state index contributed by atoms with van der Waals surface area (Å²) in [6, 6.07) is 9.04. The van der Waals surface area contributed by atoms with Gasteiger partial charge in [0.1, 0.15) is 23.7 Å². The second-order valence-corrected chi connectivity index (χ2v) is 5.48. The topological polar surface area (TPSA) is 35.5 Å². The van der Waals surface area contributed by atoms with Crippen LogP contribution in [0.5, 0.6) is 5.75 Å². The molecule has 0 aliphatic rings. The van der Waals surface area contributed by atoms with Gasteiger partial charge in [0.25, 0.3) is 0 Å². The van der Waals surface area contributed by atoms with Gasteiger partial charge in [0.2, 0.25) is 0 Å². The molecule has 0 bridgehead atoms. The van der Waals surface area contributed by atoms with E-state index < -0.39 is 11.8 Å². The molecular formula is C15H11BrClFO3. The Kier molecular flexibility index (Phi) is 5.20. The smallest absolute Gasteiger partial charge is 0.341 e. The average molecular weight is 374 g/mol. The Bertz CT molecular complexity index is 676. The van der Waals surface area contributed by atoms with E-state index in [1.54, 1.807) is 18.2 Å². The zero-order chi connectivity index (χ0) is 15.4. The van der Waals surface area contributed by atoms with E-state index in [4.69, 9.17) is 21.1 Å². The summed E-state index contributed by atoms with van der Waals surface area (Å²) in [6.07, 6.45) is 0. The third kappa shape index (κ3) is 3.95. The second-order valence-electron chi connectivity index (χ2n) is 4.16. The minimum Gasteiger partial charge on any atom is -0.488 e. The number of methoxy groups -OCH3 is 1. The predicted molar refractivity (Wildman–Crippen MR) is 81.2 cm³/mol. The molecule has 0 spiro atoms. The van der Waals surface area contributed by atoms with Gasteiger partial charge in [0.05, 0.1) is 12.1 Å². The molecule has 6 heteroatoms. The van der Waals surface area contributed by atoms with Crippen LogP contribution in [-0.4, -0.2) is 13.1 Å². The lowest BCUT2D eigenvalue weighted by Gasteiger charge is -2.11. The molecule has 0 fully saturated rings. The summed E-state index contributed by atoms with van der Waals surface area (Å²) in [6.45, 7) is 0.116. The van der Waals surface area contributed by atoms with Crippen molar-refractivity contribution < 1.29 is 18.7 Å². The lowest BCUT2D eigenvalue weighted by Crippen LogP contribution is -2.06. The molecule has 0 atom stereocenters. The van der Waals surface area contributed by atoms with Crippen molar-refractivity contribution in [2.45, 2.75) is 6.61 Å². The maximum absolute atomic E-state index is 13.0. The van der Waals surface area contributed by atoms with Gasteiger partial charge in [-0.25, -0.2) is 9.18 Å². The maximum Gasteiger partial charge on any atom is 0.341 e. The normalized spacial score (nSPS) is 10.3. The van der Waals surface area contributed by atoms with Crippen molar-refractivity contribution in [1.82, 2.24) is 0 Å². The zero-order valence-corrected chi connectivity index (χ0v) is 13.4. The van der Waals surface area contributed by atoms with Crippen LogP contribution in [0, 0.1) is 5.82 Å². The summed E-state index contributed by atoms with van der Waals surface area (Å²) in [5.74, 6) is -0.551. The SMILES string of the molecule is COC(=O)c1cc(Br)ccc1OCc1ccc(F)cc1Cl. The molecule has 0 aromatic heterocycles. The van der Waals surface area contributed by atoms with Crippen molar-refractivity contribution in [3.05, 3.63) is 62.8 Å². The number of carbonyl (C=O) groups excluding carboxylic acids is 1. The number of rotatable bonds is 4. The number of hydrogen-bond donors (Lipinski definition) is 0. The molecule has 2 aromatic carbocycles. The van der Waals surface area contributed by atoms with Crippen LogP contribution in [0.4, 0.5) is 4.39 Å². The molecule has 0 radical (unpaired) electrons. The van der Waals surface area contributed by atoms with E-state index in [9.17, 15) is 9.18 Å². The van der Waals surface area contributed by atoms with E-state index in [1.165, 1.54) is 25.3 Å². The highest BCUT2D eigenvalue weighted by atomic mass is 79.9. The van der Waals surface area contributed by atoms with Crippen LogP contribution in [0.3, 0.4) is 0 Å². The Morgan fingerprint density at radius 3 is 2.71 bits per heavy atom. The summed E-state index contributed by atoms with van der Waals surface area (Å²) < 4.78 is 24.0. The van der Waals surface area contributed by atoms with Gasteiger partial charge in [-0.3, -0.25) is 0 Å². The van der Waals surface area contributed by atoms with E-state index in [0.29, 0.717) is 16.9 Å². The fourth-order valence-corrected chi connectivity index (χ4v) is 2.27. The Morgan fingerprint density at radius 2 is 2.05 bits per heavy atom. The monoisotopic (exact) mass is 372 g/mol. The minimum absolute atomic E-state index is 0.116. The summed E-state index contributed by atoms with van der Waals surface area (Å²) >= 11 is 9.21. The van der Waals surface area contributed by atoms with Crippen molar-refractivity contribution in [2.24, 2.45) is 0 Å². The van der Waals surface area contributed by atoms with Crippen LogP contribution in [0.15, 0.2) is 40.9 Å². The minimum atomic E-state index is -0.503. The zero-order valence-electron chi connectivity index (χ0n) is 11.0.